The lowest BCUT2D eigenvalue weighted by atomic mass is 9.69. The third-order valence-electron chi connectivity index (χ3n) is 3.05. The number of amides is 1. The van der Waals surface area contributed by atoms with Crippen LogP contribution in [0, 0.1) is 17.8 Å². The fraction of sp³-hybridized carbons (Fsp3) is 0.667. The third-order valence-corrected chi connectivity index (χ3v) is 3.05. The van der Waals surface area contributed by atoms with Gasteiger partial charge in [0.05, 0.1) is 0 Å². The Kier molecular flexibility index (Phi) is 1.89. The average Bonchev–Trinajstić information content (AvgIpc) is 2.18. The maximum absolute atomic E-state index is 11.3. The highest BCUT2D eigenvalue weighted by atomic mass is 16.2. The average molecular weight is 166 g/mol. The summed E-state index contributed by atoms with van der Waals surface area (Å²) in [5.74, 6) is 6.32. The number of allylic oxidation sites excluding steroid dienone is 2. The van der Waals surface area contributed by atoms with Gasteiger partial charge in [0.15, 0.2) is 0 Å². The number of hydrogen-bond acceptors (Lipinski definition) is 2. The molecule has 0 radical (unpaired) electrons. The van der Waals surface area contributed by atoms with E-state index in [0.29, 0.717) is 11.8 Å². The van der Waals surface area contributed by atoms with E-state index in [4.69, 9.17) is 5.84 Å². The fourth-order valence-corrected chi connectivity index (χ4v) is 2.34. The highest BCUT2D eigenvalue weighted by molar-refractivity contribution is 5.78. The molecular formula is C9H14N2O. The molecule has 0 aromatic heterocycles. The first-order valence-corrected chi connectivity index (χ1v) is 4.50. The van der Waals surface area contributed by atoms with Crippen LogP contribution in [0.25, 0.3) is 0 Å². The third kappa shape index (κ3) is 1.14. The molecule has 1 fully saturated rings. The second kappa shape index (κ2) is 2.90. The maximum Gasteiger partial charge on any atom is 0.237 e. The van der Waals surface area contributed by atoms with E-state index in [1.165, 1.54) is 6.42 Å². The van der Waals surface area contributed by atoms with Crippen molar-refractivity contribution in [3.05, 3.63) is 12.2 Å². The van der Waals surface area contributed by atoms with E-state index in [2.05, 4.69) is 17.6 Å². The van der Waals surface area contributed by atoms with Crippen LogP contribution in [0.3, 0.4) is 0 Å². The molecule has 3 heteroatoms. The Morgan fingerprint density at radius 3 is 2.67 bits per heavy atom. The zero-order chi connectivity index (χ0) is 8.55. The molecule has 3 nitrogen and oxygen atoms in total. The zero-order valence-corrected chi connectivity index (χ0v) is 6.99. The second-order valence-electron chi connectivity index (χ2n) is 3.74. The Balaban J connectivity index is 2.11. The van der Waals surface area contributed by atoms with Crippen LogP contribution in [0.4, 0.5) is 0 Å². The van der Waals surface area contributed by atoms with Gasteiger partial charge in [-0.25, -0.2) is 5.84 Å². The van der Waals surface area contributed by atoms with Crippen molar-refractivity contribution in [1.29, 1.82) is 0 Å². The monoisotopic (exact) mass is 166 g/mol. The lowest BCUT2D eigenvalue weighted by Gasteiger charge is -2.36. The largest absolute Gasteiger partial charge is 0.294 e. The molecule has 66 valence electrons. The Bertz CT molecular complexity index is 225. The van der Waals surface area contributed by atoms with Crippen molar-refractivity contribution in [3.63, 3.8) is 0 Å². The molecule has 3 aliphatic rings. The van der Waals surface area contributed by atoms with Crippen LogP contribution < -0.4 is 11.3 Å². The maximum atomic E-state index is 11.3. The summed E-state index contributed by atoms with van der Waals surface area (Å²) in [6.07, 6.45) is 7.81. The number of carbonyl (C=O) groups is 1. The minimum atomic E-state index is 0.00838. The van der Waals surface area contributed by atoms with E-state index in [-0.39, 0.29) is 11.8 Å². The SMILES string of the molecule is NNC(=O)C1CC2C=CC1CC2. The van der Waals surface area contributed by atoms with Crippen LogP contribution >= 0.6 is 0 Å². The van der Waals surface area contributed by atoms with E-state index in [1.807, 2.05) is 0 Å². The van der Waals surface area contributed by atoms with Crippen LogP contribution in [-0.2, 0) is 4.79 Å². The predicted octanol–water partition coefficient (Wildman–Crippen LogP) is 0.579. The van der Waals surface area contributed by atoms with Gasteiger partial charge in [0.1, 0.15) is 0 Å². The molecule has 3 N–H and O–H groups in total. The van der Waals surface area contributed by atoms with Gasteiger partial charge in [-0.05, 0) is 31.1 Å². The summed E-state index contributed by atoms with van der Waals surface area (Å²) in [5, 5.41) is 0. The number of nitrogens with one attached hydrogen (secondary N) is 1. The summed E-state index contributed by atoms with van der Waals surface area (Å²) in [6, 6.07) is 0. The summed E-state index contributed by atoms with van der Waals surface area (Å²) in [7, 11) is 0. The number of rotatable bonds is 1. The molecule has 0 aliphatic heterocycles. The predicted molar refractivity (Wildman–Crippen MR) is 45.8 cm³/mol. The van der Waals surface area contributed by atoms with Gasteiger partial charge in [0.2, 0.25) is 5.91 Å². The van der Waals surface area contributed by atoms with Crippen LogP contribution in [0.1, 0.15) is 19.3 Å². The smallest absolute Gasteiger partial charge is 0.237 e. The van der Waals surface area contributed by atoms with E-state index in [9.17, 15) is 4.79 Å². The Morgan fingerprint density at radius 2 is 2.25 bits per heavy atom. The van der Waals surface area contributed by atoms with Crippen LogP contribution in [-0.4, -0.2) is 5.91 Å². The normalized spacial score (nSPS) is 38.2. The Labute approximate surface area is 72.0 Å². The van der Waals surface area contributed by atoms with E-state index >= 15 is 0 Å². The van der Waals surface area contributed by atoms with Crippen LogP contribution in [0.5, 0.6) is 0 Å². The van der Waals surface area contributed by atoms with Crippen molar-refractivity contribution < 1.29 is 4.79 Å². The number of nitrogens with two attached hydrogens (primary N) is 1. The van der Waals surface area contributed by atoms with Gasteiger partial charge < -0.3 is 0 Å². The van der Waals surface area contributed by atoms with Gasteiger partial charge >= 0.3 is 0 Å². The number of hydrazine groups is 1. The molecular weight excluding hydrogens is 152 g/mol. The molecule has 2 bridgehead atoms. The lowest BCUT2D eigenvalue weighted by Crippen LogP contribution is -2.42. The second-order valence-corrected chi connectivity index (χ2v) is 3.74. The summed E-state index contributed by atoms with van der Waals surface area (Å²) in [6.45, 7) is 0. The van der Waals surface area contributed by atoms with Crippen molar-refractivity contribution in [1.82, 2.24) is 5.43 Å². The topological polar surface area (TPSA) is 55.1 Å². The number of carbonyl (C=O) groups excluding carboxylic acids is 1. The molecule has 3 unspecified atom stereocenters. The van der Waals surface area contributed by atoms with E-state index < -0.39 is 0 Å². The quantitative estimate of drug-likeness (QED) is 0.259. The molecule has 12 heavy (non-hydrogen) atoms. The molecule has 0 aromatic carbocycles. The standard InChI is InChI=1S/C9H14N2O/c10-11-9(12)8-5-6-1-3-7(8)4-2-6/h1,3,6-8H,2,4-5,10H2,(H,11,12). The number of hydrogen-bond donors (Lipinski definition) is 2. The van der Waals surface area contributed by atoms with Crippen molar-refractivity contribution >= 4 is 5.91 Å². The van der Waals surface area contributed by atoms with Crippen molar-refractivity contribution in [2.24, 2.45) is 23.6 Å². The Hall–Kier alpha value is -0.830. The highest BCUT2D eigenvalue weighted by Crippen LogP contribution is 2.40. The Morgan fingerprint density at radius 1 is 1.42 bits per heavy atom. The van der Waals surface area contributed by atoms with Gasteiger partial charge in [0.25, 0.3) is 0 Å². The van der Waals surface area contributed by atoms with E-state index in [0.717, 1.165) is 12.8 Å². The van der Waals surface area contributed by atoms with Gasteiger partial charge in [0, 0.05) is 5.92 Å². The van der Waals surface area contributed by atoms with Gasteiger partial charge in [-0.15, -0.1) is 0 Å². The van der Waals surface area contributed by atoms with Crippen molar-refractivity contribution in [2.75, 3.05) is 0 Å². The first-order valence-electron chi connectivity index (χ1n) is 4.50. The van der Waals surface area contributed by atoms with Crippen LogP contribution in [0.15, 0.2) is 12.2 Å². The minimum absolute atomic E-state index is 0.00838. The molecule has 3 atom stereocenters. The molecule has 0 aromatic rings. The molecule has 1 saturated carbocycles. The molecule has 0 spiro atoms. The highest BCUT2D eigenvalue weighted by Gasteiger charge is 2.35. The van der Waals surface area contributed by atoms with Crippen molar-refractivity contribution in [3.8, 4) is 0 Å². The summed E-state index contributed by atoms with van der Waals surface area (Å²) in [5.41, 5.74) is 2.25. The van der Waals surface area contributed by atoms with Gasteiger partial charge in [-0.1, -0.05) is 12.2 Å². The fourth-order valence-electron chi connectivity index (χ4n) is 2.34. The minimum Gasteiger partial charge on any atom is -0.294 e. The van der Waals surface area contributed by atoms with Gasteiger partial charge in [-0.2, -0.15) is 0 Å². The lowest BCUT2D eigenvalue weighted by molar-refractivity contribution is -0.127. The summed E-state index contributed by atoms with van der Waals surface area (Å²) >= 11 is 0. The first-order chi connectivity index (χ1) is 5.81. The number of fused-ring (bicyclic) bond motifs is 2. The molecule has 0 heterocycles. The van der Waals surface area contributed by atoms with Crippen molar-refractivity contribution in [2.45, 2.75) is 19.3 Å². The summed E-state index contributed by atoms with van der Waals surface area (Å²) < 4.78 is 0. The molecule has 0 saturated heterocycles. The zero-order valence-electron chi connectivity index (χ0n) is 6.99. The first kappa shape index (κ1) is 7.80. The molecule has 1 amide bonds. The van der Waals surface area contributed by atoms with E-state index in [1.54, 1.807) is 0 Å². The molecule has 3 rings (SSSR count). The summed E-state index contributed by atoms with van der Waals surface area (Å²) in [4.78, 5) is 11.3. The van der Waals surface area contributed by atoms with Crippen LogP contribution in [0.2, 0.25) is 0 Å². The molecule has 3 aliphatic carbocycles. The van der Waals surface area contributed by atoms with Gasteiger partial charge in [-0.3, -0.25) is 10.2 Å².